The molecule has 2 saturated heterocycles. The molecule has 1 aromatic heterocycles. The molecule has 5 rings (SSSR count). The lowest BCUT2D eigenvalue weighted by Gasteiger charge is -2.43. The topological polar surface area (TPSA) is 105 Å². The molecule has 1 spiro atoms. The summed E-state index contributed by atoms with van der Waals surface area (Å²) < 4.78 is 15.9. The number of carbonyl (C=O) groups is 3. The van der Waals surface area contributed by atoms with Crippen LogP contribution < -0.4 is 19.7 Å². The van der Waals surface area contributed by atoms with Crippen LogP contribution in [-0.2, 0) is 16.0 Å². The second kappa shape index (κ2) is 11.7. The van der Waals surface area contributed by atoms with Gasteiger partial charge in [0, 0.05) is 25.3 Å². The van der Waals surface area contributed by atoms with E-state index in [4.69, 9.17) is 13.9 Å². The normalized spacial score (nSPS) is 16.4. The largest absolute Gasteiger partial charge is 0.493 e. The van der Waals surface area contributed by atoms with Gasteiger partial charge in [-0.2, -0.15) is 0 Å². The molecule has 2 aliphatic rings. The van der Waals surface area contributed by atoms with Crippen molar-refractivity contribution in [1.82, 2.24) is 15.1 Å². The van der Waals surface area contributed by atoms with Crippen molar-refractivity contribution < 1.29 is 28.3 Å². The predicted molar refractivity (Wildman–Crippen MR) is 148 cm³/mol. The summed E-state index contributed by atoms with van der Waals surface area (Å²) in [7, 11) is 3.17. The van der Waals surface area contributed by atoms with E-state index in [9.17, 15) is 14.4 Å². The molecule has 0 atom stereocenters. The second-order valence-electron chi connectivity index (χ2n) is 10.00. The first kappa shape index (κ1) is 27.1. The van der Waals surface area contributed by atoms with E-state index in [0.29, 0.717) is 62.8 Å². The molecule has 2 aliphatic heterocycles. The number of methoxy groups -OCH3 is 2. The third kappa shape index (κ3) is 5.34. The Bertz CT molecular complexity index is 1340. The lowest BCUT2D eigenvalue weighted by molar-refractivity contribution is -0.137. The molecule has 10 heteroatoms. The maximum absolute atomic E-state index is 13.9. The van der Waals surface area contributed by atoms with Gasteiger partial charge in [-0.1, -0.05) is 24.3 Å². The zero-order valence-corrected chi connectivity index (χ0v) is 22.8. The maximum atomic E-state index is 13.9. The number of ether oxygens (including phenoxy) is 2. The van der Waals surface area contributed by atoms with Gasteiger partial charge in [0.15, 0.2) is 17.3 Å². The van der Waals surface area contributed by atoms with Crippen LogP contribution in [0.2, 0.25) is 0 Å². The van der Waals surface area contributed by atoms with Crippen molar-refractivity contribution in [2.75, 3.05) is 52.0 Å². The van der Waals surface area contributed by atoms with Gasteiger partial charge in [-0.05, 0) is 61.2 Å². The van der Waals surface area contributed by atoms with Gasteiger partial charge < -0.3 is 33.9 Å². The summed E-state index contributed by atoms with van der Waals surface area (Å²) in [6.07, 6.45) is 3.02. The molecule has 210 valence electrons. The first-order valence-electron chi connectivity index (χ1n) is 13.4. The van der Waals surface area contributed by atoms with Gasteiger partial charge in [0.2, 0.25) is 5.91 Å². The molecule has 2 aromatic carbocycles. The molecule has 0 aliphatic carbocycles. The van der Waals surface area contributed by atoms with Gasteiger partial charge in [0.05, 0.1) is 27.2 Å². The van der Waals surface area contributed by atoms with E-state index in [1.54, 1.807) is 36.2 Å². The standard InChI is InChI=1S/C30H34N4O6/c1-38-24-11-10-22(19-26(24)39-2)12-15-31-27(35)20-33-21-34(23-7-4-3-5-8-23)30(29(33)37)13-16-32(17-14-30)28(36)25-9-6-18-40-25/h3-11,18-19H,12-17,20-21H2,1-2H3,(H,31,35). The maximum Gasteiger partial charge on any atom is 0.289 e. The molecular weight excluding hydrogens is 512 g/mol. The highest BCUT2D eigenvalue weighted by atomic mass is 16.5. The van der Waals surface area contributed by atoms with Crippen molar-refractivity contribution in [1.29, 1.82) is 0 Å². The van der Waals surface area contributed by atoms with Gasteiger partial charge in [0.25, 0.3) is 11.8 Å². The van der Waals surface area contributed by atoms with Gasteiger partial charge in [0.1, 0.15) is 12.1 Å². The van der Waals surface area contributed by atoms with Crippen LogP contribution in [0.15, 0.2) is 71.3 Å². The van der Waals surface area contributed by atoms with Gasteiger partial charge in [-0.15, -0.1) is 0 Å². The Labute approximate surface area is 233 Å². The molecule has 2 fully saturated rings. The minimum atomic E-state index is -0.818. The average molecular weight is 547 g/mol. The van der Waals surface area contributed by atoms with Gasteiger partial charge in [-0.3, -0.25) is 14.4 Å². The zero-order chi connectivity index (χ0) is 28.1. The first-order valence-corrected chi connectivity index (χ1v) is 13.4. The molecule has 3 aromatic rings. The molecule has 1 N–H and O–H groups in total. The fourth-order valence-electron chi connectivity index (χ4n) is 5.57. The summed E-state index contributed by atoms with van der Waals surface area (Å²) in [5.41, 5.74) is 1.10. The number of rotatable bonds is 9. The highest BCUT2D eigenvalue weighted by molar-refractivity contribution is 5.97. The smallest absolute Gasteiger partial charge is 0.289 e. The van der Waals surface area contributed by atoms with E-state index in [-0.39, 0.29) is 24.3 Å². The number of piperidine rings is 1. The van der Waals surface area contributed by atoms with E-state index in [2.05, 4.69) is 10.2 Å². The van der Waals surface area contributed by atoms with Crippen LogP contribution in [0, 0.1) is 0 Å². The summed E-state index contributed by atoms with van der Waals surface area (Å²) in [4.78, 5) is 45.1. The number of hydrogen-bond donors (Lipinski definition) is 1. The van der Waals surface area contributed by atoms with E-state index < -0.39 is 5.54 Å². The average Bonchev–Trinajstić information content (AvgIpc) is 3.62. The predicted octanol–water partition coefficient (Wildman–Crippen LogP) is 2.94. The number of nitrogens with one attached hydrogen (secondary N) is 1. The number of para-hydroxylation sites is 1. The van der Waals surface area contributed by atoms with Crippen molar-refractivity contribution in [3.8, 4) is 11.5 Å². The minimum absolute atomic E-state index is 0.0368. The Morgan fingerprint density at radius 1 is 0.975 bits per heavy atom. The fraction of sp³-hybridized carbons (Fsp3) is 0.367. The van der Waals surface area contributed by atoms with Crippen LogP contribution in [0.25, 0.3) is 0 Å². The molecule has 0 saturated carbocycles. The van der Waals surface area contributed by atoms with Crippen LogP contribution in [0.4, 0.5) is 5.69 Å². The molecule has 0 unspecified atom stereocenters. The highest BCUT2D eigenvalue weighted by Gasteiger charge is 2.54. The molecule has 3 amide bonds. The summed E-state index contributed by atoms with van der Waals surface area (Å²) in [5, 5.41) is 2.94. The number of anilines is 1. The molecular formula is C30H34N4O6. The lowest BCUT2D eigenvalue weighted by atomic mass is 9.85. The Hall–Kier alpha value is -4.47. The summed E-state index contributed by atoms with van der Waals surface area (Å²) in [6, 6.07) is 18.7. The molecule has 40 heavy (non-hydrogen) atoms. The molecule has 0 radical (unpaired) electrons. The monoisotopic (exact) mass is 546 g/mol. The SMILES string of the molecule is COc1ccc(CCNC(=O)CN2CN(c3ccccc3)C3(CCN(C(=O)c4ccco4)CC3)C2=O)cc1OC. The highest BCUT2D eigenvalue weighted by Crippen LogP contribution is 2.39. The zero-order valence-electron chi connectivity index (χ0n) is 22.8. The number of hydrogen-bond acceptors (Lipinski definition) is 7. The van der Waals surface area contributed by atoms with E-state index in [0.717, 1.165) is 11.3 Å². The number of carbonyl (C=O) groups excluding carboxylic acids is 3. The molecule has 3 heterocycles. The van der Waals surface area contributed by atoms with E-state index >= 15 is 0 Å². The van der Waals surface area contributed by atoms with Gasteiger partial charge >= 0.3 is 0 Å². The van der Waals surface area contributed by atoms with Crippen molar-refractivity contribution in [2.45, 2.75) is 24.8 Å². The molecule has 0 bridgehead atoms. The van der Waals surface area contributed by atoms with Crippen LogP contribution >= 0.6 is 0 Å². The Balaban J connectivity index is 1.23. The third-order valence-corrected chi connectivity index (χ3v) is 7.71. The van der Waals surface area contributed by atoms with Crippen molar-refractivity contribution in [2.24, 2.45) is 0 Å². The summed E-state index contributed by atoms with van der Waals surface area (Å²) >= 11 is 0. The second-order valence-corrected chi connectivity index (χ2v) is 10.00. The summed E-state index contributed by atoms with van der Waals surface area (Å²) in [6.45, 7) is 1.52. The number of furan rings is 1. The fourth-order valence-corrected chi connectivity index (χ4v) is 5.57. The van der Waals surface area contributed by atoms with Crippen LogP contribution in [0.3, 0.4) is 0 Å². The summed E-state index contributed by atoms with van der Waals surface area (Å²) in [5.74, 6) is 1.09. The van der Waals surface area contributed by atoms with Crippen LogP contribution in [0.5, 0.6) is 11.5 Å². The number of benzene rings is 2. The van der Waals surface area contributed by atoms with Crippen LogP contribution in [0.1, 0.15) is 29.0 Å². The Kier molecular flexibility index (Phi) is 7.95. The first-order chi connectivity index (χ1) is 19.4. The lowest BCUT2D eigenvalue weighted by Crippen LogP contribution is -2.57. The Morgan fingerprint density at radius 2 is 1.73 bits per heavy atom. The van der Waals surface area contributed by atoms with Crippen molar-refractivity contribution in [3.63, 3.8) is 0 Å². The minimum Gasteiger partial charge on any atom is -0.493 e. The van der Waals surface area contributed by atoms with E-state index in [1.807, 2.05) is 48.5 Å². The van der Waals surface area contributed by atoms with Crippen molar-refractivity contribution in [3.05, 3.63) is 78.3 Å². The van der Waals surface area contributed by atoms with Crippen molar-refractivity contribution >= 4 is 23.4 Å². The quantitative estimate of drug-likeness (QED) is 0.440. The number of nitrogens with zero attached hydrogens (tertiary/aromatic N) is 3. The van der Waals surface area contributed by atoms with Crippen LogP contribution in [-0.4, -0.2) is 80.1 Å². The third-order valence-electron chi connectivity index (χ3n) is 7.71. The molecule has 10 nitrogen and oxygen atoms in total. The van der Waals surface area contributed by atoms with Gasteiger partial charge in [-0.25, -0.2) is 0 Å². The number of amides is 3. The number of likely N-dealkylation sites (tertiary alicyclic amines) is 1. The van der Waals surface area contributed by atoms with E-state index in [1.165, 1.54) is 6.26 Å². The Morgan fingerprint density at radius 3 is 2.40 bits per heavy atom.